The topological polar surface area (TPSA) is 135 Å². The summed E-state index contributed by atoms with van der Waals surface area (Å²) in [6, 6.07) is -1.15. The number of nitrogens with one attached hydrogen (secondary N) is 1. The molecule has 0 aromatic carbocycles. The lowest BCUT2D eigenvalue weighted by Gasteiger charge is -2.07. The summed E-state index contributed by atoms with van der Waals surface area (Å²) in [4.78, 5) is 28.1. The van der Waals surface area contributed by atoms with Gasteiger partial charge in [0, 0.05) is 6.42 Å². The Morgan fingerprint density at radius 1 is 1.53 bits per heavy atom. The third-order valence-electron chi connectivity index (χ3n) is 1.91. The Morgan fingerprint density at radius 3 is 2.47 bits per heavy atom. The molecule has 0 aliphatic heterocycles. The number of anilines is 1. The van der Waals surface area contributed by atoms with E-state index in [1.165, 1.54) is 0 Å². The second-order valence-electron chi connectivity index (χ2n) is 3.16. The van der Waals surface area contributed by atoms with E-state index in [4.69, 9.17) is 16.6 Å². The molecule has 0 fully saturated rings. The maximum atomic E-state index is 11.4. The van der Waals surface area contributed by atoms with Gasteiger partial charge in [-0.3, -0.25) is 9.59 Å². The minimum atomic E-state index is -1.19. The highest BCUT2D eigenvalue weighted by atomic mass is 35.5. The molecular weight excluding hydrogens is 271 g/mol. The molecule has 1 unspecified atom stereocenters. The zero-order chi connectivity index (χ0) is 11.6. The number of aromatic nitrogens is 2. The van der Waals surface area contributed by atoms with E-state index in [0.717, 1.165) is 0 Å². The molecule has 9 heteroatoms. The van der Waals surface area contributed by atoms with Crippen molar-refractivity contribution in [3.05, 3.63) is 21.7 Å². The smallest absolute Gasteiger partial charge is 0.320 e. The molecule has 0 aliphatic carbocycles. The Balaban J connectivity index is 0. The standard InChI is InChI=1S/C8H12N4O3.2ClH/c1-3-11-6(10)4(7(13)12-3)2-5(9)8(14)15;;/h5H,2,9H2,1H3,(H,14,15)(H3,10,11,12,13);2*1H. The van der Waals surface area contributed by atoms with Crippen molar-refractivity contribution in [2.75, 3.05) is 5.73 Å². The molecule has 0 spiro atoms. The van der Waals surface area contributed by atoms with E-state index < -0.39 is 17.6 Å². The molecule has 7 nitrogen and oxygen atoms in total. The van der Waals surface area contributed by atoms with Crippen LogP contribution in [0, 0.1) is 6.92 Å². The normalized spacial score (nSPS) is 10.9. The van der Waals surface area contributed by atoms with Gasteiger partial charge < -0.3 is 21.6 Å². The van der Waals surface area contributed by atoms with Crippen molar-refractivity contribution in [3.8, 4) is 0 Å². The Morgan fingerprint density at radius 2 is 2.06 bits per heavy atom. The summed E-state index contributed by atoms with van der Waals surface area (Å²) in [5, 5.41) is 8.58. The number of H-pyrrole nitrogens is 1. The molecule has 1 rings (SSSR count). The number of carboxylic acid groups (broad SMARTS) is 1. The minimum Gasteiger partial charge on any atom is -0.480 e. The first kappa shape index (κ1) is 18.1. The largest absolute Gasteiger partial charge is 0.480 e. The highest BCUT2D eigenvalue weighted by molar-refractivity contribution is 5.85. The SMILES string of the molecule is Cc1nc(N)c(CC(N)C(=O)O)c(=O)[nH]1.Cl.Cl. The third-order valence-corrected chi connectivity index (χ3v) is 1.91. The van der Waals surface area contributed by atoms with Crippen LogP contribution in [-0.4, -0.2) is 27.1 Å². The van der Waals surface area contributed by atoms with Crippen molar-refractivity contribution in [1.29, 1.82) is 0 Å². The summed E-state index contributed by atoms with van der Waals surface area (Å²) < 4.78 is 0. The second-order valence-corrected chi connectivity index (χ2v) is 3.16. The molecule has 0 bridgehead atoms. The maximum absolute atomic E-state index is 11.4. The van der Waals surface area contributed by atoms with E-state index in [-0.39, 0.29) is 42.6 Å². The van der Waals surface area contributed by atoms with Crippen molar-refractivity contribution in [3.63, 3.8) is 0 Å². The van der Waals surface area contributed by atoms with E-state index in [1.54, 1.807) is 6.92 Å². The van der Waals surface area contributed by atoms with Crippen molar-refractivity contribution in [2.45, 2.75) is 19.4 Å². The summed E-state index contributed by atoms with van der Waals surface area (Å²) in [6.45, 7) is 1.58. The Hall–Kier alpha value is -1.31. The lowest BCUT2D eigenvalue weighted by atomic mass is 10.1. The van der Waals surface area contributed by atoms with Crippen LogP contribution in [0.15, 0.2) is 4.79 Å². The molecule has 0 saturated carbocycles. The average molecular weight is 285 g/mol. The lowest BCUT2D eigenvalue weighted by molar-refractivity contribution is -0.138. The number of carbonyl (C=O) groups is 1. The van der Waals surface area contributed by atoms with Crippen LogP contribution >= 0.6 is 24.8 Å². The van der Waals surface area contributed by atoms with Crippen LogP contribution < -0.4 is 17.0 Å². The number of nitrogen functional groups attached to an aromatic ring is 1. The average Bonchev–Trinajstić information content (AvgIpc) is 2.10. The summed E-state index contributed by atoms with van der Waals surface area (Å²) >= 11 is 0. The van der Waals surface area contributed by atoms with Gasteiger partial charge >= 0.3 is 5.97 Å². The first-order valence-corrected chi connectivity index (χ1v) is 4.25. The molecule has 17 heavy (non-hydrogen) atoms. The van der Waals surface area contributed by atoms with Crippen molar-refractivity contribution in [1.82, 2.24) is 9.97 Å². The van der Waals surface area contributed by atoms with Gasteiger partial charge in [-0.15, -0.1) is 24.8 Å². The number of nitrogens with two attached hydrogens (primary N) is 2. The molecule has 6 N–H and O–H groups in total. The molecule has 0 aliphatic rings. The minimum absolute atomic E-state index is 0. The van der Waals surface area contributed by atoms with E-state index >= 15 is 0 Å². The molecule has 98 valence electrons. The number of halogens is 2. The first-order valence-electron chi connectivity index (χ1n) is 4.25. The first-order chi connectivity index (χ1) is 6.91. The number of hydrogen-bond donors (Lipinski definition) is 4. The van der Waals surface area contributed by atoms with Gasteiger partial charge in [0.2, 0.25) is 0 Å². The van der Waals surface area contributed by atoms with E-state index in [0.29, 0.717) is 5.82 Å². The summed E-state index contributed by atoms with van der Waals surface area (Å²) in [7, 11) is 0. The predicted octanol–water partition coefficient (Wildman–Crippen LogP) is -0.541. The van der Waals surface area contributed by atoms with Crippen molar-refractivity contribution in [2.24, 2.45) is 5.73 Å². The van der Waals surface area contributed by atoms with E-state index in [1.807, 2.05) is 0 Å². The van der Waals surface area contributed by atoms with E-state index in [9.17, 15) is 9.59 Å². The number of rotatable bonds is 3. The van der Waals surface area contributed by atoms with Crippen molar-refractivity contribution < 1.29 is 9.90 Å². The number of aryl methyl sites for hydroxylation is 1. The van der Waals surface area contributed by atoms with Gasteiger partial charge in [-0.05, 0) is 6.92 Å². The molecule has 0 amide bonds. The molecule has 0 saturated heterocycles. The summed E-state index contributed by atoms with van der Waals surface area (Å²) in [5.41, 5.74) is 10.4. The second kappa shape index (κ2) is 7.10. The molecule has 1 aromatic heterocycles. The van der Waals surface area contributed by atoms with Gasteiger partial charge in [-0.1, -0.05) is 0 Å². The quantitative estimate of drug-likeness (QED) is 0.589. The molecule has 1 heterocycles. The molecule has 1 atom stereocenters. The van der Waals surface area contributed by atoms with Crippen LogP contribution in [0.25, 0.3) is 0 Å². The van der Waals surface area contributed by atoms with Crippen molar-refractivity contribution >= 4 is 36.6 Å². The van der Waals surface area contributed by atoms with Gasteiger partial charge in [0.1, 0.15) is 17.7 Å². The fraction of sp³-hybridized carbons (Fsp3) is 0.375. The lowest BCUT2D eigenvalue weighted by Crippen LogP contribution is -2.35. The van der Waals surface area contributed by atoms with Crippen LogP contribution in [0.2, 0.25) is 0 Å². The summed E-state index contributed by atoms with van der Waals surface area (Å²) in [6.07, 6.45) is -0.135. The number of aliphatic carboxylic acids is 1. The highest BCUT2D eigenvalue weighted by Gasteiger charge is 2.17. The van der Waals surface area contributed by atoms with Gasteiger partial charge in [-0.25, -0.2) is 4.98 Å². The molecular formula is C8H14Cl2N4O3. The maximum Gasteiger partial charge on any atom is 0.320 e. The number of hydrogen-bond acceptors (Lipinski definition) is 5. The number of aromatic amines is 1. The zero-order valence-corrected chi connectivity index (χ0v) is 10.6. The fourth-order valence-corrected chi connectivity index (χ4v) is 1.14. The monoisotopic (exact) mass is 284 g/mol. The van der Waals surface area contributed by atoms with Gasteiger partial charge in [0.25, 0.3) is 5.56 Å². The predicted molar refractivity (Wildman–Crippen MR) is 67.8 cm³/mol. The molecule has 1 aromatic rings. The van der Waals surface area contributed by atoms with Crippen LogP contribution in [0.1, 0.15) is 11.4 Å². The third kappa shape index (κ3) is 4.59. The van der Waals surface area contributed by atoms with Gasteiger partial charge in [0.05, 0.1) is 5.56 Å². The fourth-order valence-electron chi connectivity index (χ4n) is 1.14. The van der Waals surface area contributed by atoms with Crippen LogP contribution in [0.4, 0.5) is 5.82 Å². The Labute approximate surface area is 109 Å². The number of nitrogens with zero attached hydrogens (tertiary/aromatic N) is 1. The zero-order valence-electron chi connectivity index (χ0n) is 8.97. The Kier molecular flexibility index (Phi) is 7.55. The summed E-state index contributed by atoms with van der Waals surface area (Å²) in [5.74, 6) is -0.785. The van der Waals surface area contributed by atoms with Gasteiger partial charge in [0.15, 0.2) is 0 Å². The Bertz CT molecular complexity index is 449. The van der Waals surface area contributed by atoms with E-state index in [2.05, 4.69) is 9.97 Å². The number of carboxylic acids is 1. The van der Waals surface area contributed by atoms with Crippen LogP contribution in [-0.2, 0) is 11.2 Å². The molecule has 0 radical (unpaired) electrons. The van der Waals surface area contributed by atoms with Crippen LogP contribution in [0.3, 0.4) is 0 Å². The van der Waals surface area contributed by atoms with Crippen LogP contribution in [0.5, 0.6) is 0 Å². The van der Waals surface area contributed by atoms with Gasteiger partial charge in [-0.2, -0.15) is 0 Å². The highest BCUT2D eigenvalue weighted by Crippen LogP contribution is 2.04.